The molecule has 0 aliphatic rings. The van der Waals surface area contributed by atoms with Gasteiger partial charge in [0.25, 0.3) is 0 Å². The Morgan fingerprint density at radius 3 is 1.96 bits per heavy atom. The Kier molecular flexibility index (Phi) is 9.12. The fourth-order valence-electron chi connectivity index (χ4n) is 6.79. The van der Waals surface area contributed by atoms with E-state index in [0.717, 1.165) is 50.0 Å². The van der Waals surface area contributed by atoms with Gasteiger partial charge in [-0.3, -0.25) is 0 Å². The van der Waals surface area contributed by atoms with Crippen LogP contribution in [0.15, 0.2) is 138 Å². The minimum Gasteiger partial charge on any atom is -0.501 e. The number of aromatic nitrogens is 2. The molecule has 5 heteroatoms. The summed E-state index contributed by atoms with van der Waals surface area (Å²) >= 11 is 0. The number of hydrogen-bond donors (Lipinski definition) is 0. The summed E-state index contributed by atoms with van der Waals surface area (Å²) in [6.07, 6.45) is 3.59. The van der Waals surface area contributed by atoms with E-state index >= 15 is 0 Å². The molecule has 51 heavy (non-hydrogen) atoms. The smallest absolute Gasteiger partial charge is 0.120 e. The van der Waals surface area contributed by atoms with Crippen molar-refractivity contribution in [3.05, 3.63) is 151 Å². The van der Waals surface area contributed by atoms with E-state index in [4.69, 9.17) is 5.79 Å². The third-order valence-electron chi connectivity index (χ3n) is 9.51. The second-order valence-corrected chi connectivity index (χ2v) is 19.1. The van der Waals surface area contributed by atoms with Crippen LogP contribution in [0.4, 0.5) is 0 Å². The molecule has 0 saturated heterocycles. The van der Waals surface area contributed by atoms with E-state index in [-0.39, 0.29) is 20.1 Å². The molecule has 0 atom stereocenters. The van der Waals surface area contributed by atoms with Gasteiger partial charge in [-0.2, -0.15) is 0 Å². The molecule has 0 aliphatic heterocycles. The van der Waals surface area contributed by atoms with Gasteiger partial charge >= 0.3 is 0 Å². The third kappa shape index (κ3) is 6.54. The summed E-state index contributed by atoms with van der Waals surface area (Å²) in [7, 11) is -1.41. The van der Waals surface area contributed by atoms with Crippen LogP contribution in [0.3, 0.4) is 0 Å². The molecule has 1 radical (unpaired) electrons. The van der Waals surface area contributed by atoms with Crippen molar-refractivity contribution in [1.82, 2.24) is 9.97 Å². The maximum atomic E-state index is 8.31. The Morgan fingerprint density at radius 2 is 1.29 bits per heavy atom. The number of fused-ring (bicyclic) bond motifs is 9. The van der Waals surface area contributed by atoms with Gasteiger partial charge < -0.3 is 14.4 Å². The Balaban J connectivity index is 0.000000159. The molecule has 9 aromatic rings. The third-order valence-corrected chi connectivity index (χ3v) is 11.6. The second kappa shape index (κ2) is 14.0. The van der Waals surface area contributed by atoms with Crippen molar-refractivity contribution in [2.75, 3.05) is 0 Å². The molecule has 6 aromatic carbocycles. The fourth-order valence-corrected chi connectivity index (χ4v) is 7.94. The molecule has 253 valence electrons. The minimum atomic E-state index is -1.41. The molecule has 0 N–H and O–H groups in total. The van der Waals surface area contributed by atoms with Crippen molar-refractivity contribution >= 4 is 67.5 Å². The summed E-state index contributed by atoms with van der Waals surface area (Å²) in [6.45, 7) is 10.8. The molecule has 0 spiro atoms. The summed E-state index contributed by atoms with van der Waals surface area (Å²) in [4.78, 5) is 9.00. The molecule has 3 nitrogen and oxygen atoms in total. The van der Waals surface area contributed by atoms with Gasteiger partial charge in [0.2, 0.25) is 0 Å². The van der Waals surface area contributed by atoms with Crippen molar-refractivity contribution < 1.29 is 25.9 Å². The average Bonchev–Trinajstić information content (AvgIpc) is 3.53. The monoisotopic (exact) mass is 856 g/mol. The number of pyridine rings is 2. The predicted molar refractivity (Wildman–Crippen MR) is 214 cm³/mol. The number of nitrogens with zero attached hydrogens (tertiary/aromatic N) is 2. The molecule has 0 aliphatic carbocycles. The average molecular weight is 856 g/mol. The van der Waals surface area contributed by atoms with Crippen LogP contribution < -0.4 is 5.19 Å². The van der Waals surface area contributed by atoms with Crippen LogP contribution >= 0.6 is 0 Å². The molecule has 0 unspecified atom stereocenters. The van der Waals surface area contributed by atoms with E-state index in [1.807, 2.05) is 56.4 Å². The number of furan rings is 1. The van der Waals surface area contributed by atoms with Crippen LogP contribution in [-0.4, -0.2) is 18.0 Å². The first-order valence-electron chi connectivity index (χ1n) is 17.6. The molecule has 3 heterocycles. The van der Waals surface area contributed by atoms with Crippen LogP contribution in [0.2, 0.25) is 19.6 Å². The van der Waals surface area contributed by atoms with Crippen LogP contribution in [-0.2, 0) is 20.1 Å². The molecule has 0 saturated carbocycles. The zero-order chi connectivity index (χ0) is 35.3. The Labute approximate surface area is 315 Å². The van der Waals surface area contributed by atoms with E-state index in [9.17, 15) is 0 Å². The van der Waals surface area contributed by atoms with Crippen molar-refractivity contribution in [1.29, 1.82) is 0 Å². The quantitative estimate of drug-likeness (QED) is 0.101. The van der Waals surface area contributed by atoms with Gasteiger partial charge in [0.1, 0.15) is 5.58 Å². The number of benzene rings is 6. The Bertz CT molecular complexity index is 2690. The summed E-state index contributed by atoms with van der Waals surface area (Å²) in [5.41, 5.74) is 6.29. The molecule has 0 amide bonds. The maximum Gasteiger partial charge on any atom is 0.120 e. The second-order valence-electron chi connectivity index (χ2n) is 14.1. The predicted octanol–water partition coefficient (Wildman–Crippen LogP) is 12.1. The fraction of sp³-hybridized carbons (Fsp3) is 0.130. The topological polar surface area (TPSA) is 38.9 Å². The minimum absolute atomic E-state index is 0. The summed E-state index contributed by atoms with van der Waals surface area (Å²) < 4.78 is 14.6. The van der Waals surface area contributed by atoms with Crippen molar-refractivity contribution in [2.45, 2.75) is 39.4 Å². The SMILES string of the molecule is [2H]C(C)(C)c1ccnc(-c2[c-]ccc3c2oc2cc([Si](C)(C)C)ccc23)c1.[Ir].[c-]1cc2c3ccccc3c3ccccc3c2cc1-c1ccccn1. The van der Waals surface area contributed by atoms with Gasteiger partial charge in [0.15, 0.2) is 0 Å². The van der Waals surface area contributed by atoms with Crippen LogP contribution in [0, 0.1) is 12.1 Å². The Hall–Kier alpha value is -4.93. The molecule has 9 rings (SSSR count). The van der Waals surface area contributed by atoms with Gasteiger partial charge in [0, 0.05) is 39.3 Å². The van der Waals surface area contributed by atoms with Crippen molar-refractivity contribution in [2.24, 2.45) is 0 Å². The summed E-state index contributed by atoms with van der Waals surface area (Å²) in [5.74, 6) is -0.675. The number of rotatable bonds is 4. The maximum absolute atomic E-state index is 8.31. The van der Waals surface area contributed by atoms with E-state index < -0.39 is 14.0 Å². The molecule has 3 aromatic heterocycles. The van der Waals surface area contributed by atoms with Crippen molar-refractivity contribution in [3.8, 4) is 22.5 Å². The van der Waals surface area contributed by atoms with Gasteiger partial charge in [-0.1, -0.05) is 150 Å². The van der Waals surface area contributed by atoms with Gasteiger partial charge in [0.05, 0.1) is 13.7 Å². The first-order valence-corrected chi connectivity index (χ1v) is 20.6. The first-order chi connectivity index (χ1) is 24.6. The molecular weight excluding hydrogens is 817 g/mol. The summed E-state index contributed by atoms with van der Waals surface area (Å²) in [5, 5.41) is 11.2. The van der Waals surface area contributed by atoms with E-state index in [1.54, 1.807) is 6.20 Å². The normalized spacial score (nSPS) is 12.1. The largest absolute Gasteiger partial charge is 0.501 e. The van der Waals surface area contributed by atoms with Crippen molar-refractivity contribution in [3.63, 3.8) is 0 Å². The molecular formula is C46H38IrN2OSi-2. The Morgan fingerprint density at radius 1 is 0.627 bits per heavy atom. The zero-order valence-corrected chi connectivity index (χ0v) is 32.7. The van der Waals surface area contributed by atoms with E-state index in [0.29, 0.717) is 0 Å². The summed E-state index contributed by atoms with van der Waals surface area (Å²) in [6, 6.07) is 48.7. The first kappa shape index (κ1) is 33.2. The number of hydrogen-bond acceptors (Lipinski definition) is 3. The van der Waals surface area contributed by atoms with Gasteiger partial charge in [-0.25, -0.2) is 0 Å². The zero-order valence-electron chi connectivity index (χ0n) is 30.3. The standard InChI is InChI=1S/C23H24NOSi.C23H14N.Ir/c1-15(2)16-11-12-24-21(13-16)20-8-6-7-19-18-10-9-17(26(3,4)5)14-22(18)25-23(19)20;1-2-9-19-17(7-1)18-8-3-4-10-20(18)22-15-16(12-13-21(19)22)23-11-5-6-14-24-23;/h6-7,9-15H,1-5H3;1-11,13-15H;/q2*-1;/i15D;;. The van der Waals surface area contributed by atoms with E-state index in [2.05, 4.69) is 127 Å². The van der Waals surface area contributed by atoms with Crippen LogP contribution in [0.5, 0.6) is 0 Å². The molecule has 0 bridgehead atoms. The van der Waals surface area contributed by atoms with Gasteiger partial charge in [-0.15, -0.1) is 42.0 Å². The van der Waals surface area contributed by atoms with Crippen LogP contribution in [0.25, 0.3) is 76.8 Å². The van der Waals surface area contributed by atoms with E-state index in [1.165, 1.54) is 37.5 Å². The van der Waals surface area contributed by atoms with Gasteiger partial charge in [-0.05, 0) is 51.6 Å². The molecule has 0 fully saturated rings. The van der Waals surface area contributed by atoms with Crippen LogP contribution in [0.1, 0.15) is 26.7 Å².